The minimum atomic E-state index is -1.08. The number of carbonyl (C=O) groups excluding carboxylic acids is 1. The quantitative estimate of drug-likeness (QED) is 0.536. The van der Waals surface area contributed by atoms with Crippen molar-refractivity contribution in [2.75, 3.05) is 6.54 Å². The second-order valence-electron chi connectivity index (χ2n) is 8.07. The Labute approximate surface area is 177 Å². The second kappa shape index (κ2) is 7.61. The number of hydrogen-bond acceptors (Lipinski definition) is 3. The summed E-state index contributed by atoms with van der Waals surface area (Å²) in [6.45, 7) is 3.16. The van der Waals surface area contributed by atoms with Crippen LogP contribution in [0.3, 0.4) is 0 Å². The monoisotopic (exact) mass is 421 g/mol. The van der Waals surface area contributed by atoms with Crippen molar-refractivity contribution in [1.82, 2.24) is 24.6 Å². The number of aromatic nitrogens is 4. The Bertz CT molecular complexity index is 1250. The minimum absolute atomic E-state index is 0.0483. The molecule has 1 aromatic carbocycles. The molecule has 8 heteroatoms. The molecule has 1 saturated heterocycles. The van der Waals surface area contributed by atoms with Gasteiger partial charge in [0.1, 0.15) is 0 Å². The van der Waals surface area contributed by atoms with Gasteiger partial charge in [0, 0.05) is 37.1 Å². The molecule has 6 nitrogen and oxygen atoms in total. The van der Waals surface area contributed by atoms with E-state index in [1.165, 1.54) is 12.1 Å². The number of nitrogens with zero attached hydrogens (tertiary/aromatic N) is 4. The minimum Gasteiger partial charge on any atom is -0.346 e. The first-order valence-electron chi connectivity index (χ1n) is 10.2. The van der Waals surface area contributed by atoms with Crippen LogP contribution in [0.4, 0.5) is 8.78 Å². The van der Waals surface area contributed by atoms with Crippen molar-refractivity contribution < 1.29 is 13.6 Å². The van der Waals surface area contributed by atoms with Gasteiger partial charge in [-0.25, -0.2) is 13.8 Å². The van der Waals surface area contributed by atoms with Crippen molar-refractivity contribution in [3.63, 3.8) is 0 Å². The average molecular weight is 421 g/mol. The van der Waals surface area contributed by atoms with Crippen molar-refractivity contribution >= 4 is 16.9 Å². The first-order chi connectivity index (χ1) is 15.0. The second-order valence-corrected chi connectivity index (χ2v) is 8.07. The molecule has 0 saturated carbocycles. The summed E-state index contributed by atoms with van der Waals surface area (Å²) in [5.41, 5.74) is 3.47. The smallest absolute Gasteiger partial charge is 0.257 e. The molecule has 0 bridgehead atoms. The fraction of sp³-hybridized carbons (Fsp3) is 0.261. The predicted molar refractivity (Wildman–Crippen MR) is 112 cm³/mol. The number of amides is 1. The highest BCUT2D eigenvalue weighted by atomic mass is 19.2. The van der Waals surface area contributed by atoms with E-state index in [4.69, 9.17) is 4.98 Å². The van der Waals surface area contributed by atoms with Gasteiger partial charge in [-0.05, 0) is 49.6 Å². The van der Waals surface area contributed by atoms with Crippen LogP contribution < -0.4 is 0 Å². The molecule has 1 unspecified atom stereocenters. The number of fused-ring (bicyclic) bond motifs is 1. The van der Waals surface area contributed by atoms with E-state index >= 15 is 0 Å². The van der Waals surface area contributed by atoms with Gasteiger partial charge in [-0.3, -0.25) is 9.89 Å². The molecule has 1 amide bonds. The number of pyridine rings is 1. The molecule has 3 aromatic heterocycles. The number of benzene rings is 1. The Morgan fingerprint density at radius 3 is 2.90 bits per heavy atom. The number of halogens is 2. The summed E-state index contributed by atoms with van der Waals surface area (Å²) in [4.78, 5) is 19.2. The number of likely N-dealkylation sites (tertiary alicyclic amines) is 1. The summed E-state index contributed by atoms with van der Waals surface area (Å²) in [7, 11) is 0. The maximum atomic E-state index is 14.1. The fourth-order valence-electron chi connectivity index (χ4n) is 4.44. The number of hydrogen-bond donors (Lipinski definition) is 1. The van der Waals surface area contributed by atoms with E-state index in [9.17, 15) is 13.6 Å². The van der Waals surface area contributed by atoms with Gasteiger partial charge < -0.3 is 9.47 Å². The summed E-state index contributed by atoms with van der Waals surface area (Å²) in [6, 6.07) is 9.64. The van der Waals surface area contributed by atoms with Crippen LogP contribution in [-0.4, -0.2) is 43.1 Å². The molecular weight excluding hydrogens is 400 g/mol. The zero-order valence-electron chi connectivity index (χ0n) is 16.9. The van der Waals surface area contributed by atoms with Crippen molar-refractivity contribution in [2.24, 2.45) is 5.92 Å². The Balaban J connectivity index is 1.34. The lowest BCUT2D eigenvalue weighted by molar-refractivity contribution is 0.0736. The van der Waals surface area contributed by atoms with Crippen LogP contribution in [0.5, 0.6) is 0 Å². The Morgan fingerprint density at radius 2 is 2.10 bits per heavy atom. The van der Waals surface area contributed by atoms with Crippen molar-refractivity contribution in [3.05, 3.63) is 72.2 Å². The van der Waals surface area contributed by atoms with Gasteiger partial charge in [-0.1, -0.05) is 6.07 Å². The molecule has 0 radical (unpaired) electrons. The van der Waals surface area contributed by atoms with E-state index in [0.717, 1.165) is 41.3 Å². The van der Waals surface area contributed by atoms with Gasteiger partial charge in [0.05, 0.1) is 28.5 Å². The van der Waals surface area contributed by atoms with Crippen LogP contribution in [0, 0.1) is 17.6 Å². The van der Waals surface area contributed by atoms with Gasteiger partial charge in [0.15, 0.2) is 11.6 Å². The summed E-state index contributed by atoms with van der Waals surface area (Å²) in [6.07, 6.45) is 6.33. The fourth-order valence-corrected chi connectivity index (χ4v) is 4.44. The molecule has 0 spiro atoms. The van der Waals surface area contributed by atoms with Gasteiger partial charge in [0.2, 0.25) is 0 Å². The van der Waals surface area contributed by atoms with E-state index in [2.05, 4.69) is 14.8 Å². The summed E-state index contributed by atoms with van der Waals surface area (Å²) in [5, 5.41) is 6.76. The first-order valence-corrected chi connectivity index (χ1v) is 10.2. The van der Waals surface area contributed by atoms with Crippen LogP contribution in [0.25, 0.3) is 22.3 Å². The van der Waals surface area contributed by atoms with Crippen LogP contribution in [0.1, 0.15) is 23.7 Å². The van der Waals surface area contributed by atoms with E-state index in [1.807, 2.05) is 31.3 Å². The topological polar surface area (TPSA) is 66.8 Å². The number of carbonyl (C=O) groups is 1. The summed E-state index contributed by atoms with van der Waals surface area (Å²) >= 11 is 0. The third-order valence-corrected chi connectivity index (χ3v) is 5.98. The number of nitrogens with one attached hydrogen (secondary N) is 1. The Hall–Kier alpha value is -3.55. The molecule has 5 rings (SSSR count). The van der Waals surface area contributed by atoms with Crippen LogP contribution in [0.15, 0.2) is 55.0 Å². The third-order valence-electron chi connectivity index (χ3n) is 5.98. The summed E-state index contributed by atoms with van der Waals surface area (Å²) in [5.74, 6) is -2.34. The third kappa shape index (κ3) is 3.48. The van der Waals surface area contributed by atoms with Crippen molar-refractivity contribution in [2.45, 2.75) is 25.9 Å². The number of aromatic amines is 1. The molecule has 0 aliphatic carbocycles. The van der Waals surface area contributed by atoms with E-state index in [-0.39, 0.29) is 17.5 Å². The highest BCUT2D eigenvalue weighted by molar-refractivity contribution is 5.95. The molecule has 1 aliphatic heterocycles. The highest BCUT2D eigenvalue weighted by Crippen LogP contribution is 2.29. The lowest BCUT2D eigenvalue weighted by Crippen LogP contribution is -2.34. The van der Waals surface area contributed by atoms with Crippen LogP contribution in [0.2, 0.25) is 0 Å². The van der Waals surface area contributed by atoms with Gasteiger partial charge in [-0.2, -0.15) is 5.10 Å². The molecule has 4 aromatic rings. The zero-order chi connectivity index (χ0) is 21.5. The van der Waals surface area contributed by atoms with E-state index < -0.39 is 17.5 Å². The SMILES string of the molecule is C[C@H]1CC(Cn2ccc3nc(-c4cn[nH]c4)ccc32)CN1C(=O)c1cccc(F)c1F. The van der Waals surface area contributed by atoms with Crippen LogP contribution in [-0.2, 0) is 6.54 Å². The molecular formula is C23H21F2N5O. The maximum Gasteiger partial charge on any atom is 0.257 e. The van der Waals surface area contributed by atoms with E-state index in [1.54, 1.807) is 17.3 Å². The number of rotatable bonds is 4. The maximum absolute atomic E-state index is 14.1. The normalized spacial score (nSPS) is 18.7. The molecule has 1 fully saturated rings. The molecule has 1 aliphatic rings. The van der Waals surface area contributed by atoms with Gasteiger partial charge in [-0.15, -0.1) is 0 Å². The van der Waals surface area contributed by atoms with Crippen molar-refractivity contribution in [3.8, 4) is 11.3 Å². The molecule has 31 heavy (non-hydrogen) atoms. The number of H-pyrrole nitrogens is 1. The lowest BCUT2D eigenvalue weighted by atomic mass is 10.1. The first kappa shape index (κ1) is 19.4. The molecule has 4 heterocycles. The van der Waals surface area contributed by atoms with Crippen LogP contribution >= 0.6 is 0 Å². The average Bonchev–Trinajstić information content (AvgIpc) is 3.50. The van der Waals surface area contributed by atoms with E-state index in [0.29, 0.717) is 6.54 Å². The molecule has 158 valence electrons. The van der Waals surface area contributed by atoms with Crippen molar-refractivity contribution in [1.29, 1.82) is 0 Å². The highest BCUT2D eigenvalue weighted by Gasteiger charge is 2.34. The Morgan fingerprint density at radius 1 is 1.23 bits per heavy atom. The van der Waals surface area contributed by atoms with Gasteiger partial charge in [0.25, 0.3) is 5.91 Å². The molecule has 1 N–H and O–H groups in total. The molecule has 2 atom stereocenters. The zero-order valence-corrected chi connectivity index (χ0v) is 16.9. The Kier molecular flexibility index (Phi) is 4.77. The predicted octanol–water partition coefficient (Wildman–Crippen LogP) is 4.26. The van der Waals surface area contributed by atoms with Gasteiger partial charge >= 0.3 is 0 Å². The largest absolute Gasteiger partial charge is 0.346 e. The summed E-state index contributed by atoms with van der Waals surface area (Å²) < 4.78 is 29.8. The standard InChI is InChI=1S/C23H21F2N5O/c1-14-9-15(13-30(14)23(31)17-3-2-4-18(24)22(17)25)12-29-8-7-20-21(29)6-5-19(28-20)16-10-26-27-11-16/h2-8,10-11,14-15H,9,12-13H2,1H3,(H,26,27)/t14-,15?/m0/s1. The lowest BCUT2D eigenvalue weighted by Gasteiger charge is -2.22.